The molecule has 0 aromatic rings. The van der Waals surface area contributed by atoms with Gasteiger partial charge in [-0.1, -0.05) is 11.6 Å². The fourth-order valence-electron chi connectivity index (χ4n) is 1.17. The van der Waals surface area contributed by atoms with Gasteiger partial charge in [0.15, 0.2) is 6.54 Å². The van der Waals surface area contributed by atoms with Crippen LogP contribution >= 0.6 is 0 Å². The molecular weight excluding hydrogens is 136 g/mol. The van der Waals surface area contributed by atoms with Crippen molar-refractivity contribution in [1.82, 2.24) is 0 Å². The number of nitrogens with zero attached hydrogens (tertiary/aromatic N) is 2. The van der Waals surface area contributed by atoms with Crippen molar-refractivity contribution in [3.8, 4) is 0 Å². The quantitative estimate of drug-likeness (QED) is 0.504. The fourth-order valence-corrected chi connectivity index (χ4v) is 1.17. The van der Waals surface area contributed by atoms with Crippen LogP contribution in [-0.4, -0.2) is 28.7 Å². The molecule has 0 saturated carbocycles. The van der Waals surface area contributed by atoms with E-state index < -0.39 is 0 Å². The summed E-state index contributed by atoms with van der Waals surface area (Å²) in [6.07, 6.45) is 3.89. The van der Waals surface area contributed by atoms with Crippen LogP contribution in [0.1, 0.15) is 20.8 Å². The lowest BCUT2D eigenvalue weighted by Gasteiger charge is -2.17. The Morgan fingerprint density at radius 1 is 1.64 bits per heavy atom. The Morgan fingerprint density at radius 3 is 2.64 bits per heavy atom. The average Bonchev–Trinajstić information content (AvgIpc) is 2.31. The molecule has 0 aromatic carbocycles. The van der Waals surface area contributed by atoms with Gasteiger partial charge in [-0.25, -0.2) is 4.58 Å². The molecule has 0 radical (unpaired) electrons. The number of amidine groups is 1. The van der Waals surface area contributed by atoms with Gasteiger partial charge in [-0.05, 0) is 20.8 Å². The van der Waals surface area contributed by atoms with E-state index in [0.29, 0.717) is 0 Å². The molecule has 1 aliphatic heterocycles. The minimum Gasteiger partial charge on any atom is -0.226 e. The zero-order valence-corrected chi connectivity index (χ0v) is 7.46. The maximum Gasteiger partial charge on any atom is 0.317 e. The Kier molecular flexibility index (Phi) is 1.94. The smallest absolute Gasteiger partial charge is 0.226 e. The lowest BCUT2D eigenvalue weighted by atomic mass is 10.1. The standard InChI is InChI=1S/C9H15N2/c1-5-8-10-6-7-11(8)9(2,3)4/h5,7H,1,6H2,2-4H3/q+1. The summed E-state index contributed by atoms with van der Waals surface area (Å²) >= 11 is 0. The Balaban J connectivity index is 2.91. The number of hydrogen-bond donors (Lipinski definition) is 0. The molecule has 1 rings (SSSR count). The first kappa shape index (κ1) is 8.18. The van der Waals surface area contributed by atoms with Crippen LogP contribution in [0.15, 0.2) is 17.6 Å². The molecule has 0 aromatic heterocycles. The number of aliphatic imine (C=N–C) groups is 1. The molecule has 0 unspecified atom stereocenters. The van der Waals surface area contributed by atoms with Crippen LogP contribution in [0.4, 0.5) is 0 Å². The van der Waals surface area contributed by atoms with Crippen molar-refractivity contribution in [2.24, 2.45) is 4.99 Å². The lowest BCUT2D eigenvalue weighted by Crippen LogP contribution is -2.35. The Hall–Kier alpha value is -0.920. The van der Waals surface area contributed by atoms with E-state index in [2.05, 4.69) is 43.1 Å². The van der Waals surface area contributed by atoms with Gasteiger partial charge in [-0.2, -0.15) is 0 Å². The molecule has 0 spiro atoms. The van der Waals surface area contributed by atoms with Crippen LogP contribution in [0.3, 0.4) is 0 Å². The largest absolute Gasteiger partial charge is 0.317 e. The van der Waals surface area contributed by atoms with Crippen molar-refractivity contribution in [3.63, 3.8) is 0 Å². The van der Waals surface area contributed by atoms with Crippen molar-refractivity contribution in [3.05, 3.63) is 12.7 Å². The normalized spacial score (nSPS) is 17.7. The van der Waals surface area contributed by atoms with Crippen LogP contribution < -0.4 is 0 Å². The molecule has 0 bridgehead atoms. The van der Waals surface area contributed by atoms with Gasteiger partial charge in [0.05, 0.1) is 0 Å². The van der Waals surface area contributed by atoms with Gasteiger partial charge in [0.1, 0.15) is 11.8 Å². The van der Waals surface area contributed by atoms with E-state index in [9.17, 15) is 0 Å². The molecule has 0 saturated heterocycles. The molecule has 0 atom stereocenters. The van der Waals surface area contributed by atoms with Gasteiger partial charge in [0.2, 0.25) is 0 Å². The third-order valence-corrected chi connectivity index (χ3v) is 1.67. The molecule has 60 valence electrons. The predicted octanol–water partition coefficient (Wildman–Crippen LogP) is 1.47. The van der Waals surface area contributed by atoms with Crippen LogP contribution in [-0.2, 0) is 0 Å². The van der Waals surface area contributed by atoms with E-state index in [-0.39, 0.29) is 5.54 Å². The van der Waals surface area contributed by atoms with Gasteiger partial charge in [-0.15, -0.1) is 0 Å². The summed E-state index contributed by atoms with van der Waals surface area (Å²) in [4.78, 5) is 4.27. The van der Waals surface area contributed by atoms with E-state index in [0.717, 1.165) is 12.4 Å². The summed E-state index contributed by atoms with van der Waals surface area (Å²) in [6, 6.07) is 0. The first-order valence-electron chi connectivity index (χ1n) is 3.85. The van der Waals surface area contributed by atoms with E-state index in [1.807, 2.05) is 0 Å². The average molecular weight is 151 g/mol. The van der Waals surface area contributed by atoms with Crippen molar-refractivity contribution in [1.29, 1.82) is 0 Å². The number of hydrogen-bond acceptors (Lipinski definition) is 1. The van der Waals surface area contributed by atoms with E-state index in [4.69, 9.17) is 0 Å². The highest BCUT2D eigenvalue weighted by molar-refractivity contribution is 5.91. The monoisotopic (exact) mass is 151 g/mol. The number of rotatable bonds is 1. The highest BCUT2D eigenvalue weighted by atomic mass is 15.2. The molecule has 2 nitrogen and oxygen atoms in total. The molecule has 11 heavy (non-hydrogen) atoms. The Labute approximate surface area is 68.0 Å². The first-order valence-corrected chi connectivity index (χ1v) is 3.85. The maximum absolute atomic E-state index is 4.27. The molecule has 0 amide bonds. The highest BCUT2D eigenvalue weighted by Gasteiger charge is 2.27. The zero-order chi connectivity index (χ0) is 8.48. The minimum absolute atomic E-state index is 0.128. The summed E-state index contributed by atoms with van der Waals surface area (Å²) in [7, 11) is 0. The minimum atomic E-state index is 0.128. The summed E-state index contributed by atoms with van der Waals surface area (Å²) < 4.78 is 2.15. The van der Waals surface area contributed by atoms with Crippen LogP contribution in [0.5, 0.6) is 0 Å². The summed E-state index contributed by atoms with van der Waals surface area (Å²) in [5.74, 6) is 0.984. The highest BCUT2D eigenvalue weighted by Crippen LogP contribution is 2.10. The second kappa shape index (κ2) is 2.61. The van der Waals surface area contributed by atoms with Gasteiger partial charge < -0.3 is 0 Å². The van der Waals surface area contributed by atoms with Gasteiger partial charge >= 0.3 is 5.84 Å². The third kappa shape index (κ3) is 1.56. The summed E-state index contributed by atoms with van der Waals surface area (Å²) in [5.41, 5.74) is 0.128. The molecule has 0 aliphatic carbocycles. The second-order valence-electron chi connectivity index (χ2n) is 3.63. The van der Waals surface area contributed by atoms with Gasteiger partial charge in [0.25, 0.3) is 0 Å². The van der Waals surface area contributed by atoms with Crippen LogP contribution in [0, 0.1) is 0 Å². The molecular formula is C9H15N2+. The fraction of sp³-hybridized carbons (Fsp3) is 0.556. The SMILES string of the molecule is C=CC1=NCC=[N+]1C(C)(C)C. The Morgan fingerprint density at radius 2 is 2.27 bits per heavy atom. The molecule has 0 fully saturated rings. The van der Waals surface area contributed by atoms with E-state index >= 15 is 0 Å². The maximum atomic E-state index is 4.27. The molecule has 1 heterocycles. The van der Waals surface area contributed by atoms with E-state index in [1.54, 1.807) is 6.08 Å². The predicted molar refractivity (Wildman–Crippen MR) is 48.6 cm³/mol. The van der Waals surface area contributed by atoms with Crippen molar-refractivity contribution in [2.75, 3.05) is 6.54 Å². The summed E-state index contributed by atoms with van der Waals surface area (Å²) in [6.45, 7) is 11.0. The molecule has 0 N–H and O–H groups in total. The molecule has 2 heteroatoms. The third-order valence-electron chi connectivity index (χ3n) is 1.67. The van der Waals surface area contributed by atoms with Crippen molar-refractivity contribution >= 4 is 12.1 Å². The topological polar surface area (TPSA) is 15.4 Å². The van der Waals surface area contributed by atoms with Crippen molar-refractivity contribution < 1.29 is 4.58 Å². The van der Waals surface area contributed by atoms with Crippen LogP contribution in [0.2, 0.25) is 0 Å². The van der Waals surface area contributed by atoms with Crippen LogP contribution in [0.25, 0.3) is 0 Å². The van der Waals surface area contributed by atoms with E-state index in [1.165, 1.54) is 0 Å². The lowest BCUT2D eigenvalue weighted by molar-refractivity contribution is -0.482. The van der Waals surface area contributed by atoms with Gasteiger partial charge in [0, 0.05) is 6.08 Å². The van der Waals surface area contributed by atoms with Gasteiger partial charge in [-0.3, -0.25) is 0 Å². The zero-order valence-electron chi connectivity index (χ0n) is 7.46. The van der Waals surface area contributed by atoms with Crippen molar-refractivity contribution in [2.45, 2.75) is 26.3 Å². The Bertz CT molecular complexity index is 228. The first-order chi connectivity index (χ1) is 5.05. The summed E-state index contributed by atoms with van der Waals surface area (Å²) in [5, 5.41) is 0. The second-order valence-corrected chi connectivity index (χ2v) is 3.63. The molecule has 1 aliphatic rings.